The monoisotopic (exact) mass is 281 g/mol. The van der Waals surface area contributed by atoms with Crippen molar-refractivity contribution in [3.05, 3.63) is 36.4 Å². The molecule has 0 aromatic carbocycles. The number of furan rings is 1. The van der Waals surface area contributed by atoms with Crippen LogP contribution in [-0.2, 0) is 14.3 Å². The predicted octanol–water partition coefficient (Wildman–Crippen LogP) is 2.13. The van der Waals surface area contributed by atoms with Gasteiger partial charge in [0.1, 0.15) is 5.76 Å². The number of carbonyl (C=O) groups excluding carboxylic acids is 2. The molecule has 1 amide bonds. The molecule has 0 bridgehead atoms. The van der Waals surface area contributed by atoms with Crippen molar-refractivity contribution in [1.82, 2.24) is 4.31 Å². The fourth-order valence-electron chi connectivity index (χ4n) is 2.09. The summed E-state index contributed by atoms with van der Waals surface area (Å²) in [5, 5.41) is 0. The minimum atomic E-state index is -0.548. The van der Waals surface area contributed by atoms with Gasteiger partial charge in [0.2, 0.25) is 5.91 Å². The molecule has 1 aromatic heterocycles. The summed E-state index contributed by atoms with van der Waals surface area (Å²) in [6.45, 7) is 2.03. The van der Waals surface area contributed by atoms with Crippen LogP contribution in [0.1, 0.15) is 25.0 Å². The molecule has 2 unspecified atom stereocenters. The zero-order chi connectivity index (χ0) is 13.8. The van der Waals surface area contributed by atoms with Gasteiger partial charge in [-0.15, -0.1) is 0 Å². The summed E-state index contributed by atoms with van der Waals surface area (Å²) in [5.74, 6) is -0.793. The molecular formula is C13H15NO4S. The van der Waals surface area contributed by atoms with Crippen molar-refractivity contribution in [3.8, 4) is 0 Å². The lowest BCUT2D eigenvalue weighted by molar-refractivity contribution is -0.147. The minimum Gasteiger partial charge on any atom is -0.469 e. The van der Waals surface area contributed by atoms with E-state index < -0.39 is 11.9 Å². The Morgan fingerprint density at radius 2 is 2.37 bits per heavy atom. The second-order valence-corrected chi connectivity index (χ2v) is 4.61. The predicted molar refractivity (Wildman–Crippen MR) is 71.2 cm³/mol. The van der Waals surface area contributed by atoms with E-state index in [1.165, 1.54) is 4.31 Å². The number of carbonyl (C=O) groups is 2. The molecule has 102 valence electrons. The highest BCUT2D eigenvalue weighted by Gasteiger charge is 2.36. The molecule has 1 aliphatic heterocycles. The SMILES string of the molecule is CCOC(=O)CC1C(=O)N(S)C=CC1c1ccco1. The van der Waals surface area contributed by atoms with E-state index >= 15 is 0 Å². The van der Waals surface area contributed by atoms with Crippen LogP contribution in [0.25, 0.3) is 0 Å². The lowest BCUT2D eigenvalue weighted by atomic mass is 9.85. The van der Waals surface area contributed by atoms with Crippen LogP contribution in [0.3, 0.4) is 0 Å². The maximum Gasteiger partial charge on any atom is 0.306 e. The molecule has 1 aromatic rings. The Morgan fingerprint density at radius 3 is 3.00 bits per heavy atom. The fraction of sp³-hybridized carbons (Fsp3) is 0.385. The van der Waals surface area contributed by atoms with Crippen molar-refractivity contribution < 1.29 is 18.7 Å². The maximum absolute atomic E-state index is 12.1. The number of allylic oxidation sites excluding steroid dienone is 1. The average Bonchev–Trinajstić information content (AvgIpc) is 2.89. The van der Waals surface area contributed by atoms with Gasteiger partial charge in [-0.2, -0.15) is 0 Å². The number of ether oxygens (including phenoxy) is 1. The van der Waals surface area contributed by atoms with Crippen LogP contribution >= 0.6 is 12.8 Å². The molecule has 0 fully saturated rings. The molecule has 1 aliphatic rings. The normalized spacial score (nSPS) is 22.6. The van der Waals surface area contributed by atoms with E-state index in [0.29, 0.717) is 12.4 Å². The van der Waals surface area contributed by atoms with E-state index in [1.54, 1.807) is 37.6 Å². The van der Waals surface area contributed by atoms with Crippen molar-refractivity contribution >= 4 is 24.7 Å². The summed E-state index contributed by atoms with van der Waals surface area (Å²) in [4.78, 5) is 23.7. The topological polar surface area (TPSA) is 59.8 Å². The molecule has 2 atom stereocenters. The number of rotatable bonds is 4. The van der Waals surface area contributed by atoms with Crippen molar-refractivity contribution in [1.29, 1.82) is 0 Å². The summed E-state index contributed by atoms with van der Waals surface area (Å²) in [6.07, 6.45) is 4.93. The van der Waals surface area contributed by atoms with Gasteiger partial charge < -0.3 is 9.15 Å². The third-order valence-corrected chi connectivity index (χ3v) is 3.31. The highest BCUT2D eigenvalue weighted by molar-refractivity contribution is 7.78. The van der Waals surface area contributed by atoms with Crippen LogP contribution in [0.2, 0.25) is 0 Å². The Labute approximate surface area is 116 Å². The molecule has 0 N–H and O–H groups in total. The first-order chi connectivity index (χ1) is 9.13. The van der Waals surface area contributed by atoms with E-state index in [0.717, 1.165) is 0 Å². The van der Waals surface area contributed by atoms with E-state index in [4.69, 9.17) is 9.15 Å². The van der Waals surface area contributed by atoms with Crippen LogP contribution in [0.4, 0.5) is 0 Å². The molecule has 0 radical (unpaired) electrons. The summed E-state index contributed by atoms with van der Waals surface area (Å²) in [6, 6.07) is 3.54. The van der Waals surface area contributed by atoms with Gasteiger partial charge in [-0.3, -0.25) is 13.9 Å². The molecule has 0 saturated carbocycles. The quantitative estimate of drug-likeness (QED) is 0.678. The Kier molecular flexibility index (Phi) is 4.31. The standard InChI is InChI=1S/C13H15NO4S/c1-2-17-12(15)8-10-9(11-4-3-7-18-11)5-6-14(19)13(10)16/h3-7,9-10,19H,2,8H2,1H3. The van der Waals surface area contributed by atoms with E-state index in [-0.39, 0.29) is 18.2 Å². The number of nitrogens with zero attached hydrogens (tertiary/aromatic N) is 1. The first kappa shape index (κ1) is 13.7. The second kappa shape index (κ2) is 5.97. The third kappa shape index (κ3) is 3.01. The highest BCUT2D eigenvalue weighted by atomic mass is 32.1. The summed E-state index contributed by atoms with van der Waals surface area (Å²) >= 11 is 4.04. The average molecular weight is 281 g/mol. The zero-order valence-corrected chi connectivity index (χ0v) is 11.4. The van der Waals surface area contributed by atoms with Crippen LogP contribution in [0.5, 0.6) is 0 Å². The molecule has 5 nitrogen and oxygen atoms in total. The van der Waals surface area contributed by atoms with E-state index in [2.05, 4.69) is 12.8 Å². The van der Waals surface area contributed by atoms with Gasteiger partial charge in [-0.05, 0) is 19.1 Å². The van der Waals surface area contributed by atoms with Gasteiger partial charge in [0.25, 0.3) is 0 Å². The molecule has 0 saturated heterocycles. The van der Waals surface area contributed by atoms with E-state index in [1.807, 2.05) is 0 Å². The Morgan fingerprint density at radius 1 is 1.58 bits per heavy atom. The van der Waals surface area contributed by atoms with Crippen molar-refractivity contribution in [2.45, 2.75) is 19.3 Å². The molecule has 19 heavy (non-hydrogen) atoms. The Bertz CT molecular complexity index is 483. The lowest BCUT2D eigenvalue weighted by Crippen LogP contribution is -2.35. The summed E-state index contributed by atoms with van der Waals surface area (Å²) in [5.41, 5.74) is 0. The fourth-order valence-corrected chi connectivity index (χ4v) is 2.32. The van der Waals surface area contributed by atoms with Gasteiger partial charge in [-0.25, -0.2) is 0 Å². The number of hydrogen-bond donors (Lipinski definition) is 1. The number of esters is 1. The minimum absolute atomic E-state index is 0.0133. The van der Waals surface area contributed by atoms with Crippen molar-refractivity contribution in [3.63, 3.8) is 0 Å². The Balaban J connectivity index is 2.21. The summed E-state index contributed by atoms with van der Waals surface area (Å²) in [7, 11) is 0. The maximum atomic E-state index is 12.1. The molecule has 2 rings (SSSR count). The van der Waals surface area contributed by atoms with Gasteiger partial charge >= 0.3 is 5.97 Å². The van der Waals surface area contributed by atoms with Crippen LogP contribution in [0.15, 0.2) is 35.1 Å². The largest absolute Gasteiger partial charge is 0.469 e. The summed E-state index contributed by atoms with van der Waals surface area (Å²) < 4.78 is 11.4. The van der Waals surface area contributed by atoms with Gasteiger partial charge in [-0.1, -0.05) is 18.9 Å². The molecule has 0 spiro atoms. The smallest absolute Gasteiger partial charge is 0.306 e. The first-order valence-electron chi connectivity index (χ1n) is 6.02. The van der Waals surface area contributed by atoms with Crippen LogP contribution < -0.4 is 0 Å². The van der Waals surface area contributed by atoms with E-state index in [9.17, 15) is 9.59 Å². The van der Waals surface area contributed by atoms with Gasteiger partial charge in [0, 0.05) is 12.1 Å². The molecule has 6 heteroatoms. The highest BCUT2D eigenvalue weighted by Crippen LogP contribution is 2.34. The van der Waals surface area contributed by atoms with Gasteiger partial charge in [0.15, 0.2) is 0 Å². The first-order valence-corrected chi connectivity index (χ1v) is 6.42. The Hall–Kier alpha value is -1.69. The van der Waals surface area contributed by atoms with Crippen LogP contribution in [0, 0.1) is 5.92 Å². The number of thiol groups is 1. The van der Waals surface area contributed by atoms with Gasteiger partial charge in [0.05, 0.1) is 25.2 Å². The molecule has 0 aliphatic carbocycles. The van der Waals surface area contributed by atoms with Crippen molar-refractivity contribution in [2.75, 3.05) is 6.61 Å². The van der Waals surface area contributed by atoms with Crippen molar-refractivity contribution in [2.24, 2.45) is 5.92 Å². The number of amides is 1. The molecular weight excluding hydrogens is 266 g/mol. The third-order valence-electron chi connectivity index (χ3n) is 2.97. The number of hydrogen-bond acceptors (Lipinski definition) is 5. The molecule has 2 heterocycles. The van der Waals surface area contributed by atoms with Crippen LogP contribution in [-0.4, -0.2) is 22.8 Å². The lowest BCUT2D eigenvalue weighted by Gasteiger charge is -2.28. The second-order valence-electron chi connectivity index (χ2n) is 4.18. The zero-order valence-electron chi connectivity index (χ0n) is 10.5.